The number of benzene rings is 3. The van der Waals surface area contributed by atoms with E-state index in [0.717, 1.165) is 23.3 Å². The first-order chi connectivity index (χ1) is 19.6. The van der Waals surface area contributed by atoms with Crippen LogP contribution < -0.4 is 15.8 Å². The normalized spacial score (nSPS) is 11.7. The summed E-state index contributed by atoms with van der Waals surface area (Å²) in [4.78, 5) is 29.8. The van der Waals surface area contributed by atoms with Crippen LogP contribution in [0.15, 0.2) is 102 Å². The molecule has 9 heteroatoms. The average Bonchev–Trinajstić information content (AvgIpc) is 3.46. The maximum Gasteiger partial charge on any atom is 0.408 e. The molecule has 0 bridgehead atoms. The third-order valence-corrected chi connectivity index (χ3v) is 5.97. The molecular formula is C31H32N4O5. The maximum absolute atomic E-state index is 13.1. The second-order valence-electron chi connectivity index (χ2n) is 8.98. The molecule has 0 radical (unpaired) electrons. The molecule has 0 saturated heterocycles. The number of nitrogens with two attached hydrogens (primary N) is 1. The maximum atomic E-state index is 13.1. The van der Waals surface area contributed by atoms with E-state index in [4.69, 9.17) is 19.7 Å². The largest absolute Gasteiger partial charge is 0.493 e. The Morgan fingerprint density at radius 2 is 1.60 bits per heavy atom. The average molecular weight is 541 g/mol. The van der Waals surface area contributed by atoms with E-state index in [0.29, 0.717) is 19.6 Å². The highest BCUT2D eigenvalue weighted by Gasteiger charge is 2.26. The number of Topliss-reactive ketones (excluding diaryl/α,β-unsaturated/α-hetero) is 1. The molecule has 3 aromatic carbocycles. The van der Waals surface area contributed by atoms with Gasteiger partial charge in [-0.3, -0.25) is 4.79 Å². The first kappa shape index (κ1) is 28.3. The molecule has 0 spiro atoms. The molecule has 0 aliphatic heterocycles. The minimum atomic E-state index is -0.941. The minimum absolute atomic E-state index is 0.0788. The summed E-state index contributed by atoms with van der Waals surface area (Å²) in [5, 5.41) is 6.45. The SMILES string of the molecule is NCC=CCC(NC(=O)OCc1ccccc1)C(=O)c1noc(Cc2ccc(OCCc3ccccc3)cc2)n1. The van der Waals surface area contributed by atoms with Gasteiger partial charge in [-0.15, -0.1) is 0 Å². The van der Waals surface area contributed by atoms with E-state index in [1.165, 1.54) is 5.56 Å². The smallest absolute Gasteiger partial charge is 0.408 e. The lowest BCUT2D eigenvalue weighted by Crippen LogP contribution is -2.41. The predicted octanol–water partition coefficient (Wildman–Crippen LogP) is 4.66. The predicted molar refractivity (Wildman–Crippen MR) is 150 cm³/mol. The summed E-state index contributed by atoms with van der Waals surface area (Å²) < 4.78 is 16.4. The van der Waals surface area contributed by atoms with Crippen LogP contribution in [-0.2, 0) is 24.2 Å². The topological polar surface area (TPSA) is 130 Å². The summed E-state index contributed by atoms with van der Waals surface area (Å²) in [6.45, 7) is 0.964. The second-order valence-corrected chi connectivity index (χ2v) is 8.98. The lowest BCUT2D eigenvalue weighted by Gasteiger charge is -2.14. The van der Waals surface area contributed by atoms with Crippen molar-refractivity contribution in [3.05, 3.63) is 125 Å². The Morgan fingerprint density at radius 3 is 2.30 bits per heavy atom. The van der Waals surface area contributed by atoms with Crippen LogP contribution in [-0.4, -0.2) is 41.2 Å². The van der Waals surface area contributed by atoms with Crippen molar-refractivity contribution in [2.75, 3.05) is 13.2 Å². The third kappa shape index (κ3) is 8.92. The zero-order valence-electron chi connectivity index (χ0n) is 22.1. The standard InChI is InChI=1S/C31H32N4O5/c32-19-8-7-13-27(33-31(37)39-22-25-11-5-2-6-12-25)29(36)30-34-28(40-35-30)21-24-14-16-26(17-15-24)38-20-18-23-9-3-1-4-10-23/h1-12,14-17,27H,13,18-22,32H2,(H,33,37). The fourth-order valence-corrected chi connectivity index (χ4v) is 3.86. The van der Waals surface area contributed by atoms with Gasteiger partial charge in [-0.2, -0.15) is 4.98 Å². The molecule has 0 aliphatic rings. The molecule has 206 valence electrons. The van der Waals surface area contributed by atoms with Gasteiger partial charge in [0.25, 0.3) is 0 Å². The van der Waals surface area contributed by atoms with Gasteiger partial charge >= 0.3 is 6.09 Å². The summed E-state index contributed by atoms with van der Waals surface area (Å²) in [5.74, 6) is 0.435. The van der Waals surface area contributed by atoms with E-state index in [-0.39, 0.29) is 24.7 Å². The molecule has 0 saturated carbocycles. The number of nitrogens with one attached hydrogen (secondary N) is 1. The van der Waals surface area contributed by atoms with Crippen LogP contribution in [0.5, 0.6) is 5.75 Å². The molecule has 4 aromatic rings. The van der Waals surface area contributed by atoms with Crippen LogP contribution in [0, 0.1) is 0 Å². The fraction of sp³-hybridized carbons (Fsp3) is 0.226. The lowest BCUT2D eigenvalue weighted by molar-refractivity contribution is 0.0905. The number of rotatable bonds is 14. The molecule has 0 aliphatic carbocycles. The van der Waals surface area contributed by atoms with E-state index < -0.39 is 17.9 Å². The Labute approximate surface area is 233 Å². The molecule has 1 unspecified atom stereocenters. The molecule has 9 nitrogen and oxygen atoms in total. The third-order valence-electron chi connectivity index (χ3n) is 5.97. The number of amides is 1. The van der Waals surface area contributed by atoms with Gasteiger partial charge in [0.15, 0.2) is 0 Å². The van der Waals surface area contributed by atoms with Crippen molar-refractivity contribution in [3.8, 4) is 5.75 Å². The highest BCUT2D eigenvalue weighted by Crippen LogP contribution is 2.16. The highest BCUT2D eigenvalue weighted by molar-refractivity contribution is 5.98. The van der Waals surface area contributed by atoms with Crippen LogP contribution >= 0.6 is 0 Å². The first-order valence-corrected chi connectivity index (χ1v) is 13.1. The van der Waals surface area contributed by atoms with Gasteiger partial charge in [-0.1, -0.05) is 90.1 Å². The van der Waals surface area contributed by atoms with Gasteiger partial charge in [0.05, 0.1) is 13.0 Å². The Kier molecular flexibility index (Phi) is 10.6. The number of ether oxygens (including phenoxy) is 2. The second kappa shape index (κ2) is 15.0. The number of carbonyl (C=O) groups excluding carboxylic acids is 2. The summed E-state index contributed by atoms with van der Waals surface area (Å²) in [6.07, 6.45) is 4.06. The molecule has 4 rings (SSSR count). The van der Waals surface area contributed by atoms with E-state index in [2.05, 4.69) is 27.6 Å². The molecule has 1 aromatic heterocycles. The summed E-state index contributed by atoms with van der Waals surface area (Å²) in [5.41, 5.74) is 8.49. The Morgan fingerprint density at radius 1 is 0.900 bits per heavy atom. The van der Waals surface area contributed by atoms with Crippen LogP contribution in [0.3, 0.4) is 0 Å². The molecule has 1 heterocycles. The summed E-state index contributed by atoms with van der Waals surface area (Å²) in [7, 11) is 0. The van der Waals surface area contributed by atoms with E-state index in [1.54, 1.807) is 12.2 Å². The number of ketones is 1. The van der Waals surface area contributed by atoms with Gasteiger partial charge in [0.2, 0.25) is 17.5 Å². The zero-order valence-corrected chi connectivity index (χ0v) is 22.1. The van der Waals surface area contributed by atoms with Gasteiger partial charge in [0, 0.05) is 13.0 Å². The number of hydrogen-bond acceptors (Lipinski definition) is 8. The number of alkyl carbamates (subject to hydrolysis) is 1. The Bertz CT molecular complexity index is 1370. The fourth-order valence-electron chi connectivity index (χ4n) is 3.86. The van der Waals surface area contributed by atoms with Crippen LogP contribution in [0.1, 0.15) is 39.6 Å². The van der Waals surface area contributed by atoms with Crippen molar-refractivity contribution in [2.24, 2.45) is 5.73 Å². The van der Waals surface area contributed by atoms with Crippen molar-refractivity contribution in [1.82, 2.24) is 15.5 Å². The van der Waals surface area contributed by atoms with Crippen LogP contribution in [0.2, 0.25) is 0 Å². The monoisotopic (exact) mass is 540 g/mol. The number of hydrogen-bond donors (Lipinski definition) is 2. The Hall–Kier alpha value is -4.76. The number of aromatic nitrogens is 2. The number of nitrogens with zero attached hydrogens (tertiary/aromatic N) is 2. The first-order valence-electron chi connectivity index (χ1n) is 13.1. The Balaban J connectivity index is 1.31. The van der Waals surface area contributed by atoms with Gasteiger partial charge in [0.1, 0.15) is 18.4 Å². The van der Waals surface area contributed by atoms with E-state index in [1.807, 2.05) is 72.8 Å². The van der Waals surface area contributed by atoms with Crippen molar-refractivity contribution >= 4 is 11.9 Å². The number of carbonyl (C=O) groups is 2. The van der Waals surface area contributed by atoms with Crippen LogP contribution in [0.4, 0.5) is 4.79 Å². The van der Waals surface area contributed by atoms with Gasteiger partial charge < -0.3 is 25.0 Å². The molecular weight excluding hydrogens is 508 g/mol. The zero-order chi connectivity index (χ0) is 28.0. The van der Waals surface area contributed by atoms with Gasteiger partial charge in [-0.05, 0) is 35.2 Å². The van der Waals surface area contributed by atoms with Crippen molar-refractivity contribution < 1.29 is 23.6 Å². The molecule has 1 atom stereocenters. The van der Waals surface area contributed by atoms with Crippen LogP contribution in [0.25, 0.3) is 0 Å². The molecule has 40 heavy (non-hydrogen) atoms. The van der Waals surface area contributed by atoms with Crippen molar-refractivity contribution in [1.29, 1.82) is 0 Å². The van der Waals surface area contributed by atoms with E-state index >= 15 is 0 Å². The minimum Gasteiger partial charge on any atom is -0.493 e. The summed E-state index contributed by atoms with van der Waals surface area (Å²) in [6, 6.07) is 26.1. The molecule has 0 fully saturated rings. The van der Waals surface area contributed by atoms with Crippen molar-refractivity contribution in [3.63, 3.8) is 0 Å². The van der Waals surface area contributed by atoms with E-state index in [9.17, 15) is 9.59 Å². The molecule has 3 N–H and O–H groups in total. The lowest BCUT2D eigenvalue weighted by atomic mass is 10.1. The highest BCUT2D eigenvalue weighted by atomic mass is 16.5. The van der Waals surface area contributed by atoms with Crippen molar-refractivity contribution in [2.45, 2.75) is 31.9 Å². The van der Waals surface area contributed by atoms with Gasteiger partial charge in [-0.25, -0.2) is 4.79 Å². The molecule has 1 amide bonds. The quantitative estimate of drug-likeness (QED) is 0.174. The summed E-state index contributed by atoms with van der Waals surface area (Å²) >= 11 is 0.